The van der Waals surface area contributed by atoms with Crippen LogP contribution in [0.25, 0.3) is 0 Å². The second-order valence-corrected chi connectivity index (χ2v) is 9.27. The molecule has 0 saturated carbocycles. The van der Waals surface area contributed by atoms with Gasteiger partial charge < -0.3 is 9.47 Å². The van der Waals surface area contributed by atoms with Gasteiger partial charge in [0.25, 0.3) is 0 Å². The van der Waals surface area contributed by atoms with Crippen molar-refractivity contribution in [3.05, 3.63) is 69.3 Å². The maximum absolute atomic E-state index is 12.3. The predicted molar refractivity (Wildman–Crippen MR) is 145 cm³/mol. The Hall–Kier alpha value is -4.11. The molecule has 4 aromatic rings. The molecule has 0 spiro atoms. The molecule has 3 aromatic heterocycles. The van der Waals surface area contributed by atoms with Crippen LogP contribution in [0.5, 0.6) is 11.8 Å². The van der Waals surface area contributed by atoms with Gasteiger partial charge in [-0.2, -0.15) is 47.1 Å². The van der Waals surface area contributed by atoms with Crippen LogP contribution in [0.2, 0.25) is 0 Å². The van der Waals surface area contributed by atoms with E-state index in [-0.39, 0.29) is 17.3 Å². The number of nitrogens with zero attached hydrogens (tertiary/aromatic N) is 7. The Morgan fingerprint density at radius 2 is 1.09 bits per heavy atom. The maximum Gasteiger partial charge on any atom is 0.422 e. The van der Waals surface area contributed by atoms with Crippen LogP contribution in [0.15, 0.2) is 18.2 Å². The van der Waals surface area contributed by atoms with E-state index in [2.05, 4.69) is 29.9 Å². The Labute approximate surface area is 245 Å². The largest absolute Gasteiger partial charge is 0.468 e. The van der Waals surface area contributed by atoms with Crippen LogP contribution in [0.4, 0.5) is 30.7 Å². The second-order valence-electron chi connectivity index (χ2n) is 9.27. The lowest BCUT2D eigenvalue weighted by atomic mass is 10.2. The van der Waals surface area contributed by atoms with Crippen molar-refractivity contribution in [2.24, 2.45) is 21.1 Å². The molecule has 3 heterocycles. The summed E-state index contributed by atoms with van der Waals surface area (Å²) < 4.78 is 95.4. The van der Waals surface area contributed by atoms with Crippen LogP contribution in [0.3, 0.4) is 0 Å². The summed E-state index contributed by atoms with van der Waals surface area (Å²) in [5, 5.41) is 15.9. The van der Waals surface area contributed by atoms with E-state index in [1.54, 1.807) is 46.6 Å². The molecule has 0 N–H and O–H groups in total. The van der Waals surface area contributed by atoms with Crippen molar-refractivity contribution in [2.75, 3.05) is 6.61 Å². The summed E-state index contributed by atoms with van der Waals surface area (Å²) >= 11 is 0. The lowest BCUT2D eigenvalue weighted by Gasteiger charge is -2.09. The minimum absolute atomic E-state index is 0.0810. The fourth-order valence-electron chi connectivity index (χ4n) is 3.27. The van der Waals surface area contributed by atoms with Gasteiger partial charge in [0, 0.05) is 37.8 Å². The van der Waals surface area contributed by atoms with E-state index in [9.17, 15) is 30.7 Å². The molecule has 43 heavy (non-hydrogen) atoms. The second kappa shape index (κ2) is 15.9. The molecule has 0 unspecified atom stereocenters. The molecule has 9 nitrogen and oxygen atoms in total. The number of hydrogen-bond acceptors (Lipinski definition) is 6. The maximum atomic E-state index is 12.3. The average molecular weight is 624 g/mol. The molecule has 0 aliphatic rings. The van der Waals surface area contributed by atoms with E-state index < -0.39 is 31.0 Å². The first kappa shape index (κ1) is 36.9. The predicted octanol–water partition coefficient (Wildman–Crippen LogP) is 6.32. The van der Waals surface area contributed by atoms with Crippen molar-refractivity contribution < 1.29 is 40.2 Å². The third-order valence-electron chi connectivity index (χ3n) is 5.80. The van der Waals surface area contributed by atoms with Crippen LogP contribution in [0.1, 0.15) is 39.5 Å². The molecule has 4 rings (SSSR count). The van der Waals surface area contributed by atoms with Gasteiger partial charge in [0.2, 0.25) is 11.8 Å². The van der Waals surface area contributed by atoms with E-state index in [1.807, 2.05) is 20.9 Å². The summed E-state index contributed by atoms with van der Waals surface area (Å²) in [5.74, 6) is -0.688. The number of ether oxygens (including phenoxy) is 2. The van der Waals surface area contributed by atoms with E-state index in [0.29, 0.717) is 22.5 Å². The number of hydrogen-bond donors (Lipinski definition) is 0. The van der Waals surface area contributed by atoms with Crippen LogP contribution in [-0.2, 0) is 21.1 Å². The van der Waals surface area contributed by atoms with Crippen molar-refractivity contribution in [2.45, 2.75) is 61.3 Å². The number of rotatable bonds is 4. The lowest BCUT2D eigenvalue weighted by Crippen LogP contribution is -2.20. The molecule has 0 bridgehead atoms. The zero-order chi connectivity index (χ0) is 33.2. The van der Waals surface area contributed by atoms with E-state index in [4.69, 9.17) is 0 Å². The zero-order valence-electron chi connectivity index (χ0n) is 25.6. The SMILES string of the molecule is Cc1c(F)cccc1F.Cc1nn(C)c(OC(F)F)c1C.Cc1nn(C)c(OCC(F)(F)F)c1C.Cc1nn(C)nc1C. The van der Waals surface area contributed by atoms with Crippen molar-refractivity contribution in [1.29, 1.82) is 0 Å². The van der Waals surface area contributed by atoms with Crippen molar-refractivity contribution >= 4 is 0 Å². The summed E-state index contributed by atoms with van der Waals surface area (Å²) in [5.41, 5.74) is 4.75. The molecule has 0 atom stereocenters. The van der Waals surface area contributed by atoms with Gasteiger partial charge in [-0.3, -0.25) is 0 Å². The molecule has 0 saturated heterocycles. The van der Waals surface area contributed by atoms with Crippen LogP contribution in [-0.4, -0.2) is 53.9 Å². The van der Waals surface area contributed by atoms with Crippen molar-refractivity contribution in [3.63, 3.8) is 0 Å². The Morgan fingerprint density at radius 1 is 0.674 bits per heavy atom. The quantitative estimate of drug-likeness (QED) is 0.248. The highest BCUT2D eigenvalue weighted by Gasteiger charge is 2.29. The van der Waals surface area contributed by atoms with Crippen LogP contribution in [0, 0.1) is 60.1 Å². The highest BCUT2D eigenvalue weighted by atomic mass is 19.4. The fourth-order valence-corrected chi connectivity index (χ4v) is 3.27. The third kappa shape index (κ3) is 12.0. The summed E-state index contributed by atoms with van der Waals surface area (Å²) in [7, 11) is 4.93. The molecule has 16 heteroatoms. The van der Waals surface area contributed by atoms with Gasteiger partial charge in [-0.1, -0.05) is 6.07 Å². The molecular formula is C27H36F7N7O2. The Bertz CT molecular complexity index is 1420. The molecule has 0 aliphatic heterocycles. The molecule has 1 aromatic carbocycles. The summed E-state index contributed by atoms with van der Waals surface area (Å²) in [6.45, 7) is 8.05. The average Bonchev–Trinajstić information content (AvgIpc) is 3.41. The van der Waals surface area contributed by atoms with Crippen molar-refractivity contribution in [1.82, 2.24) is 34.6 Å². The number of benzene rings is 1. The first-order valence-corrected chi connectivity index (χ1v) is 12.6. The van der Waals surface area contributed by atoms with Crippen LogP contribution >= 0.6 is 0 Å². The van der Waals surface area contributed by atoms with Gasteiger partial charge in [0.05, 0.1) is 22.8 Å². The van der Waals surface area contributed by atoms with Gasteiger partial charge in [0.15, 0.2) is 6.61 Å². The molecule has 0 amide bonds. The first-order valence-electron chi connectivity index (χ1n) is 12.6. The van der Waals surface area contributed by atoms with Gasteiger partial charge in [-0.15, -0.1) is 0 Å². The number of alkyl halides is 5. The Kier molecular flexibility index (Phi) is 13.7. The normalized spacial score (nSPS) is 10.7. The topological polar surface area (TPSA) is 84.8 Å². The lowest BCUT2D eigenvalue weighted by molar-refractivity contribution is -0.154. The minimum Gasteiger partial charge on any atom is -0.468 e. The Morgan fingerprint density at radius 3 is 1.37 bits per heavy atom. The van der Waals surface area contributed by atoms with Gasteiger partial charge in [-0.05, 0) is 60.6 Å². The highest BCUT2D eigenvalue weighted by Crippen LogP contribution is 2.23. The van der Waals surface area contributed by atoms with Crippen LogP contribution < -0.4 is 9.47 Å². The monoisotopic (exact) mass is 623 g/mol. The van der Waals surface area contributed by atoms with Gasteiger partial charge >= 0.3 is 12.8 Å². The molecule has 240 valence electrons. The zero-order valence-corrected chi connectivity index (χ0v) is 25.6. The molecule has 0 radical (unpaired) electrons. The summed E-state index contributed by atoms with van der Waals surface area (Å²) in [4.78, 5) is 1.57. The van der Waals surface area contributed by atoms with Crippen molar-refractivity contribution in [3.8, 4) is 11.8 Å². The first-order chi connectivity index (χ1) is 19.7. The smallest absolute Gasteiger partial charge is 0.422 e. The van der Waals surface area contributed by atoms with E-state index >= 15 is 0 Å². The molecular weight excluding hydrogens is 587 g/mol. The molecule has 0 fully saturated rings. The minimum atomic E-state index is -4.31. The number of halogens is 7. The Balaban J connectivity index is 0.000000293. The van der Waals surface area contributed by atoms with E-state index in [1.165, 1.54) is 34.5 Å². The fraction of sp³-hybridized carbons (Fsp3) is 0.481. The number of aromatic nitrogens is 7. The third-order valence-corrected chi connectivity index (χ3v) is 5.80. The molecule has 0 aliphatic carbocycles. The summed E-state index contributed by atoms with van der Waals surface area (Å²) in [6.07, 6.45) is -4.31. The summed E-state index contributed by atoms with van der Waals surface area (Å²) in [6, 6.07) is 3.81. The number of aryl methyl sites for hydroxylation is 7. The van der Waals surface area contributed by atoms with Gasteiger partial charge in [0.1, 0.15) is 11.6 Å². The standard InChI is InChI=1S/C8H11F3N2O.C7H10F2N2O.C7H6F2.C5H9N3/c1-5-6(2)12-13(3)7(5)14-4-8(9,10)11;1-4-5(2)10-11(3)6(4)12-7(8)9;1-5-6(8)3-2-4-7(5)9;1-4-5(2)7-8(3)6-4/h4H2,1-3H3;7H,1-3H3;2-4H,1H3;1-3H3. The van der Waals surface area contributed by atoms with E-state index in [0.717, 1.165) is 11.4 Å². The van der Waals surface area contributed by atoms with Gasteiger partial charge in [-0.25, -0.2) is 18.1 Å². The highest BCUT2D eigenvalue weighted by molar-refractivity contribution is 5.29.